The average molecular weight is 368 g/mol. The summed E-state index contributed by atoms with van der Waals surface area (Å²) in [5.41, 5.74) is 3.09. The van der Waals surface area contributed by atoms with Gasteiger partial charge in [0.05, 0.1) is 6.20 Å². The summed E-state index contributed by atoms with van der Waals surface area (Å²) in [6.07, 6.45) is 6.67. The number of benzene rings is 1. The van der Waals surface area contributed by atoms with Crippen LogP contribution in [0.25, 0.3) is 16.8 Å². The molecule has 3 aromatic rings. The molecule has 1 aliphatic rings. The van der Waals surface area contributed by atoms with E-state index in [1.807, 2.05) is 24.4 Å². The molecule has 1 aliphatic heterocycles. The van der Waals surface area contributed by atoms with Gasteiger partial charge in [-0.2, -0.15) is 5.10 Å². The van der Waals surface area contributed by atoms with Crippen molar-refractivity contribution in [2.75, 3.05) is 38.0 Å². The zero-order valence-electron chi connectivity index (χ0n) is 15.3. The first-order chi connectivity index (χ1) is 13.3. The lowest BCUT2D eigenvalue weighted by atomic mass is 10.0. The topological polar surface area (TPSA) is 66.3 Å². The van der Waals surface area contributed by atoms with Gasteiger partial charge in [0.15, 0.2) is 5.65 Å². The fourth-order valence-electron chi connectivity index (χ4n) is 3.38. The summed E-state index contributed by atoms with van der Waals surface area (Å²) < 4.78 is 16.3. The Morgan fingerprint density at radius 3 is 2.70 bits per heavy atom. The molecule has 3 heterocycles. The minimum Gasteiger partial charge on any atom is -0.369 e. The van der Waals surface area contributed by atoms with Crippen molar-refractivity contribution in [3.05, 3.63) is 48.0 Å². The number of anilines is 1. The van der Waals surface area contributed by atoms with E-state index in [9.17, 15) is 4.39 Å². The minimum absolute atomic E-state index is 0.242. The van der Waals surface area contributed by atoms with Crippen molar-refractivity contribution in [2.45, 2.75) is 19.3 Å². The van der Waals surface area contributed by atoms with E-state index in [1.165, 1.54) is 0 Å². The van der Waals surface area contributed by atoms with Crippen LogP contribution in [0.5, 0.6) is 0 Å². The molecule has 4 bridgehead atoms. The molecule has 0 fully saturated rings. The van der Waals surface area contributed by atoms with Crippen LogP contribution in [0.1, 0.15) is 18.4 Å². The first-order valence-electron chi connectivity index (χ1n) is 9.60. The number of hydrogen-bond donors (Lipinski definition) is 3. The molecule has 7 heteroatoms. The van der Waals surface area contributed by atoms with Crippen LogP contribution in [0.3, 0.4) is 0 Å². The highest BCUT2D eigenvalue weighted by molar-refractivity contribution is 5.78. The van der Waals surface area contributed by atoms with Crippen LogP contribution in [0.4, 0.5) is 10.2 Å². The van der Waals surface area contributed by atoms with Gasteiger partial charge in [-0.15, -0.1) is 0 Å². The summed E-state index contributed by atoms with van der Waals surface area (Å²) >= 11 is 0. The van der Waals surface area contributed by atoms with E-state index in [4.69, 9.17) is 0 Å². The van der Waals surface area contributed by atoms with Gasteiger partial charge in [0, 0.05) is 43.5 Å². The van der Waals surface area contributed by atoms with E-state index in [1.54, 1.807) is 16.8 Å². The summed E-state index contributed by atoms with van der Waals surface area (Å²) in [7, 11) is 0. The van der Waals surface area contributed by atoms with E-state index < -0.39 is 0 Å². The molecule has 2 aromatic heterocycles. The molecule has 0 saturated heterocycles. The lowest BCUT2D eigenvalue weighted by molar-refractivity contribution is 0.589. The van der Waals surface area contributed by atoms with Crippen molar-refractivity contribution < 1.29 is 4.39 Å². The Morgan fingerprint density at radius 1 is 0.926 bits per heavy atom. The van der Waals surface area contributed by atoms with Gasteiger partial charge in [-0.05, 0) is 49.6 Å². The summed E-state index contributed by atoms with van der Waals surface area (Å²) in [6, 6.07) is 7.25. The largest absolute Gasteiger partial charge is 0.369 e. The summed E-state index contributed by atoms with van der Waals surface area (Å²) in [5, 5.41) is 14.5. The Balaban J connectivity index is 1.68. The maximum Gasteiger partial charge on any atom is 0.165 e. The highest BCUT2D eigenvalue weighted by Gasteiger charge is 2.14. The first kappa shape index (κ1) is 17.9. The second kappa shape index (κ2) is 8.45. The number of nitrogens with zero attached hydrogens (tertiary/aromatic N) is 3. The number of aryl methyl sites for hydroxylation is 1. The number of halogens is 1. The Morgan fingerprint density at radius 2 is 1.78 bits per heavy atom. The van der Waals surface area contributed by atoms with Crippen molar-refractivity contribution in [2.24, 2.45) is 0 Å². The van der Waals surface area contributed by atoms with Crippen LogP contribution in [-0.2, 0) is 6.42 Å². The van der Waals surface area contributed by atoms with Crippen molar-refractivity contribution in [1.82, 2.24) is 25.2 Å². The molecule has 27 heavy (non-hydrogen) atoms. The molecule has 142 valence electrons. The van der Waals surface area contributed by atoms with Gasteiger partial charge in [0.1, 0.15) is 11.6 Å². The van der Waals surface area contributed by atoms with Crippen molar-refractivity contribution in [1.29, 1.82) is 0 Å². The number of rotatable bonds is 0. The number of aromatic nitrogens is 3. The van der Waals surface area contributed by atoms with E-state index in [2.05, 4.69) is 26.0 Å². The third-order valence-electron chi connectivity index (χ3n) is 4.85. The van der Waals surface area contributed by atoms with Crippen LogP contribution in [-0.4, -0.2) is 47.3 Å². The monoisotopic (exact) mass is 368 g/mol. The average Bonchev–Trinajstić information content (AvgIpc) is 3.10. The van der Waals surface area contributed by atoms with Crippen LogP contribution < -0.4 is 16.0 Å². The first-order valence-corrected chi connectivity index (χ1v) is 9.60. The van der Waals surface area contributed by atoms with Crippen molar-refractivity contribution >= 4 is 11.5 Å². The van der Waals surface area contributed by atoms with Crippen LogP contribution in [0.15, 0.2) is 36.7 Å². The molecule has 0 radical (unpaired) electrons. The molecule has 4 rings (SSSR count). The summed E-state index contributed by atoms with van der Waals surface area (Å²) in [6.45, 7) is 4.55. The maximum atomic E-state index is 14.6. The van der Waals surface area contributed by atoms with E-state index in [0.717, 1.165) is 68.9 Å². The fourth-order valence-corrected chi connectivity index (χ4v) is 3.38. The van der Waals surface area contributed by atoms with Gasteiger partial charge in [-0.25, -0.2) is 13.9 Å². The molecule has 3 N–H and O–H groups in total. The van der Waals surface area contributed by atoms with Gasteiger partial charge >= 0.3 is 0 Å². The Kier molecular flexibility index (Phi) is 5.60. The van der Waals surface area contributed by atoms with E-state index >= 15 is 0 Å². The highest BCUT2D eigenvalue weighted by Crippen LogP contribution is 2.28. The second-order valence-electron chi connectivity index (χ2n) is 6.84. The molecule has 0 aliphatic carbocycles. The quantitative estimate of drug-likeness (QED) is 0.569. The van der Waals surface area contributed by atoms with Gasteiger partial charge in [-0.3, -0.25) is 0 Å². The van der Waals surface area contributed by atoms with Gasteiger partial charge < -0.3 is 16.0 Å². The van der Waals surface area contributed by atoms with E-state index in [0.29, 0.717) is 11.2 Å². The molecule has 0 saturated carbocycles. The highest BCUT2D eigenvalue weighted by atomic mass is 19.1. The molecular formula is C20H25FN6. The van der Waals surface area contributed by atoms with Crippen molar-refractivity contribution in [3.63, 3.8) is 0 Å². The molecule has 0 amide bonds. The lowest BCUT2D eigenvalue weighted by Crippen LogP contribution is -2.31. The molecular weight excluding hydrogens is 343 g/mol. The minimum atomic E-state index is -0.242. The van der Waals surface area contributed by atoms with Crippen LogP contribution >= 0.6 is 0 Å². The zero-order valence-corrected chi connectivity index (χ0v) is 15.3. The Bertz CT molecular complexity index is 907. The summed E-state index contributed by atoms with van der Waals surface area (Å²) in [4.78, 5) is 4.66. The predicted molar refractivity (Wildman–Crippen MR) is 106 cm³/mol. The SMILES string of the molecule is Fc1ccc2cc1-c1cnn3ccc(nc13)NCCNCCNCCCC2. The molecule has 1 aromatic carbocycles. The zero-order chi connectivity index (χ0) is 18.5. The maximum absolute atomic E-state index is 14.6. The van der Waals surface area contributed by atoms with Crippen LogP contribution in [0.2, 0.25) is 0 Å². The lowest BCUT2D eigenvalue weighted by Gasteiger charge is -2.10. The Labute approximate surface area is 158 Å². The predicted octanol–water partition coefficient (Wildman–Crippen LogP) is 2.46. The third kappa shape index (κ3) is 4.26. The molecule has 0 spiro atoms. The normalized spacial score (nSPS) is 16.6. The number of nitrogens with one attached hydrogen (secondary N) is 3. The summed E-state index contributed by atoms with van der Waals surface area (Å²) in [5.74, 6) is 0.524. The second-order valence-corrected chi connectivity index (χ2v) is 6.84. The van der Waals surface area contributed by atoms with Gasteiger partial charge in [0.25, 0.3) is 0 Å². The standard InChI is InChI=1S/C20H25FN6/c21-18-5-4-15-3-1-2-7-22-8-9-23-10-11-24-19-6-12-27-20(26-19)17(14-25-27)16(18)13-15/h4-6,12-14,22-23H,1-3,7-11H2,(H,24,26). The van der Waals surface area contributed by atoms with Crippen LogP contribution in [0, 0.1) is 5.82 Å². The Hall–Kier alpha value is -2.51. The molecule has 6 nitrogen and oxygen atoms in total. The van der Waals surface area contributed by atoms with E-state index in [-0.39, 0.29) is 5.82 Å². The van der Waals surface area contributed by atoms with Gasteiger partial charge in [-0.1, -0.05) is 6.07 Å². The number of fused-ring (bicyclic) bond motifs is 4. The van der Waals surface area contributed by atoms with Crippen molar-refractivity contribution in [3.8, 4) is 11.1 Å². The van der Waals surface area contributed by atoms with Gasteiger partial charge in [0.2, 0.25) is 0 Å². The number of hydrogen-bond acceptors (Lipinski definition) is 5. The fraction of sp³-hybridized carbons (Fsp3) is 0.400. The molecule has 0 atom stereocenters. The molecule has 0 unspecified atom stereocenters. The smallest absolute Gasteiger partial charge is 0.165 e. The third-order valence-corrected chi connectivity index (χ3v) is 4.85.